The fourth-order valence-electron chi connectivity index (χ4n) is 3.47. The number of fused-ring (bicyclic) bond motifs is 1. The molecule has 3 rings (SSSR count). The average Bonchev–Trinajstić information content (AvgIpc) is 2.81. The van der Waals surface area contributed by atoms with Gasteiger partial charge in [0.1, 0.15) is 12.3 Å². The lowest BCUT2D eigenvalue weighted by Crippen LogP contribution is -2.46. The largest absolute Gasteiger partial charge is 0.497 e. The highest BCUT2D eigenvalue weighted by molar-refractivity contribution is 8.01. The number of hydrogen-bond acceptors (Lipinski definition) is 7. The molecule has 0 aliphatic carbocycles. The van der Waals surface area contributed by atoms with Crippen molar-refractivity contribution in [3.8, 4) is 5.75 Å². The molecule has 2 N–H and O–H groups in total. The van der Waals surface area contributed by atoms with E-state index in [9.17, 15) is 14.4 Å². The van der Waals surface area contributed by atoms with Crippen molar-refractivity contribution in [3.63, 3.8) is 0 Å². The van der Waals surface area contributed by atoms with Gasteiger partial charge in [-0.25, -0.2) is 10.3 Å². The van der Waals surface area contributed by atoms with Crippen LogP contribution >= 0.6 is 11.8 Å². The maximum absolute atomic E-state index is 13.2. The first-order valence-corrected chi connectivity index (χ1v) is 11.2. The fraction of sp³-hybridized carbons (Fsp3) is 0.348. The minimum Gasteiger partial charge on any atom is -0.497 e. The molecule has 1 atom stereocenters. The Balaban J connectivity index is 1.76. The summed E-state index contributed by atoms with van der Waals surface area (Å²) in [5, 5.41) is 8.58. The normalized spacial score (nSPS) is 15.2. The third-order valence-electron chi connectivity index (χ3n) is 5.09. The number of methoxy groups -OCH3 is 1. The van der Waals surface area contributed by atoms with Crippen molar-refractivity contribution in [3.05, 3.63) is 53.6 Å². The summed E-state index contributed by atoms with van der Waals surface area (Å²) in [5.74, 6) is -0.652. The number of esters is 1. The Labute approximate surface area is 190 Å². The molecule has 1 aliphatic rings. The monoisotopic (exact) mass is 458 g/mol. The second-order valence-corrected chi connectivity index (χ2v) is 8.45. The molecule has 2 aromatic rings. The lowest BCUT2D eigenvalue weighted by molar-refractivity contribution is -0.129. The van der Waals surface area contributed by atoms with Crippen LogP contribution in [0.15, 0.2) is 47.4 Å². The third-order valence-corrected chi connectivity index (χ3v) is 6.41. The third kappa shape index (κ3) is 5.60. The van der Waals surface area contributed by atoms with Crippen molar-refractivity contribution in [2.75, 3.05) is 25.2 Å². The number of nitrogens with one attached hydrogen (secondary N) is 1. The van der Waals surface area contributed by atoms with E-state index in [1.54, 1.807) is 37.7 Å². The number of amides is 2. The number of thioether (sulfide) groups is 1. The molecule has 2 amide bonds. The zero-order valence-electron chi connectivity index (χ0n) is 18.0. The summed E-state index contributed by atoms with van der Waals surface area (Å²) in [6.45, 7) is 1.60. The van der Waals surface area contributed by atoms with Gasteiger partial charge in [0, 0.05) is 4.90 Å². The summed E-state index contributed by atoms with van der Waals surface area (Å²) in [6.07, 6.45) is 2.21. The van der Waals surface area contributed by atoms with Crippen LogP contribution in [-0.2, 0) is 20.7 Å². The van der Waals surface area contributed by atoms with Gasteiger partial charge in [0.05, 0.1) is 30.2 Å². The second-order valence-electron chi connectivity index (χ2n) is 7.21. The van der Waals surface area contributed by atoms with Crippen LogP contribution in [0.25, 0.3) is 0 Å². The molecular weight excluding hydrogens is 432 g/mol. The highest BCUT2D eigenvalue weighted by Crippen LogP contribution is 2.41. The lowest BCUT2D eigenvalue weighted by Gasteiger charge is -2.33. The molecular formula is C23H26N2O6S. The van der Waals surface area contributed by atoms with Gasteiger partial charge in [-0.3, -0.25) is 14.8 Å². The SMILES string of the molecule is CCOC(=O)c1ccc2c(c1)N(CC(=O)NO)C(=O)C(CCCc1ccc(OC)cc1)S2. The highest BCUT2D eigenvalue weighted by atomic mass is 32.2. The first-order valence-electron chi connectivity index (χ1n) is 10.3. The first kappa shape index (κ1) is 23.6. The van der Waals surface area contributed by atoms with Gasteiger partial charge in [0.2, 0.25) is 5.91 Å². The van der Waals surface area contributed by atoms with Crippen molar-refractivity contribution >= 4 is 35.2 Å². The van der Waals surface area contributed by atoms with E-state index in [4.69, 9.17) is 14.7 Å². The first-order chi connectivity index (χ1) is 15.5. The number of ether oxygens (including phenoxy) is 2. The number of anilines is 1. The van der Waals surface area contributed by atoms with E-state index in [0.29, 0.717) is 17.7 Å². The van der Waals surface area contributed by atoms with Gasteiger partial charge >= 0.3 is 5.97 Å². The van der Waals surface area contributed by atoms with Gasteiger partial charge in [-0.1, -0.05) is 12.1 Å². The Morgan fingerprint density at radius 1 is 1.19 bits per heavy atom. The van der Waals surface area contributed by atoms with Crippen molar-refractivity contribution in [2.24, 2.45) is 0 Å². The van der Waals surface area contributed by atoms with E-state index in [-0.39, 0.29) is 24.3 Å². The summed E-state index contributed by atoms with van der Waals surface area (Å²) >= 11 is 1.42. The molecule has 8 nitrogen and oxygen atoms in total. The van der Waals surface area contributed by atoms with Crippen LogP contribution in [0.2, 0.25) is 0 Å². The molecule has 2 aromatic carbocycles. The van der Waals surface area contributed by atoms with Crippen LogP contribution in [0.3, 0.4) is 0 Å². The molecule has 0 saturated carbocycles. The Bertz CT molecular complexity index is 979. The molecule has 0 fully saturated rings. The fourth-order valence-corrected chi connectivity index (χ4v) is 4.73. The van der Waals surface area contributed by atoms with E-state index in [1.165, 1.54) is 16.7 Å². The summed E-state index contributed by atoms with van der Waals surface area (Å²) in [7, 11) is 1.62. The minimum absolute atomic E-state index is 0.233. The topological polar surface area (TPSA) is 105 Å². The number of hydroxylamine groups is 1. The standard InChI is InChI=1S/C23H26N2O6S/c1-3-31-23(28)16-9-12-19-18(13-16)25(14-21(26)24-29)22(27)20(32-19)6-4-5-15-7-10-17(30-2)11-8-15/h7-13,20,29H,3-6,14H2,1-2H3,(H,24,26). The quantitative estimate of drug-likeness (QED) is 0.338. The minimum atomic E-state index is -0.713. The van der Waals surface area contributed by atoms with Crippen LogP contribution in [0.4, 0.5) is 5.69 Å². The molecule has 0 aromatic heterocycles. The predicted molar refractivity (Wildman–Crippen MR) is 120 cm³/mol. The molecule has 0 saturated heterocycles. The zero-order chi connectivity index (χ0) is 23.1. The predicted octanol–water partition coefficient (Wildman–Crippen LogP) is 3.21. The summed E-state index contributed by atoms with van der Waals surface area (Å²) in [6, 6.07) is 12.8. The van der Waals surface area contributed by atoms with Gasteiger partial charge < -0.3 is 14.4 Å². The van der Waals surface area contributed by atoms with Crippen molar-refractivity contribution < 1.29 is 29.1 Å². The molecule has 9 heteroatoms. The van der Waals surface area contributed by atoms with Crippen molar-refractivity contribution in [1.82, 2.24) is 5.48 Å². The maximum atomic E-state index is 13.2. The van der Waals surface area contributed by atoms with Gasteiger partial charge in [-0.05, 0) is 62.1 Å². The zero-order valence-corrected chi connectivity index (χ0v) is 18.8. The summed E-state index contributed by atoms with van der Waals surface area (Å²) in [5.41, 5.74) is 3.47. The number of carbonyl (C=O) groups excluding carboxylic acids is 3. The Morgan fingerprint density at radius 3 is 2.59 bits per heavy atom. The van der Waals surface area contributed by atoms with Crippen molar-refractivity contribution in [1.29, 1.82) is 0 Å². The molecule has 1 heterocycles. The van der Waals surface area contributed by atoms with Crippen LogP contribution < -0.4 is 15.1 Å². The van der Waals surface area contributed by atoms with Crippen LogP contribution in [-0.4, -0.2) is 48.5 Å². The molecule has 1 unspecified atom stereocenters. The van der Waals surface area contributed by atoms with E-state index >= 15 is 0 Å². The van der Waals surface area contributed by atoms with E-state index < -0.39 is 11.9 Å². The Kier molecular flexibility index (Phi) is 8.13. The van der Waals surface area contributed by atoms with E-state index in [0.717, 1.165) is 29.1 Å². The molecule has 32 heavy (non-hydrogen) atoms. The Morgan fingerprint density at radius 2 is 1.94 bits per heavy atom. The number of hydrogen-bond donors (Lipinski definition) is 2. The number of benzene rings is 2. The van der Waals surface area contributed by atoms with Crippen molar-refractivity contribution in [2.45, 2.75) is 36.3 Å². The number of aryl methyl sites for hydroxylation is 1. The van der Waals surface area contributed by atoms with E-state index in [1.807, 2.05) is 24.3 Å². The molecule has 170 valence electrons. The number of rotatable bonds is 9. The van der Waals surface area contributed by atoms with E-state index in [2.05, 4.69) is 0 Å². The van der Waals surface area contributed by atoms with Crippen LogP contribution in [0.5, 0.6) is 5.75 Å². The molecule has 0 radical (unpaired) electrons. The smallest absolute Gasteiger partial charge is 0.338 e. The summed E-state index contributed by atoms with van der Waals surface area (Å²) < 4.78 is 10.2. The van der Waals surface area contributed by atoms with Gasteiger partial charge in [-0.15, -0.1) is 11.8 Å². The molecule has 1 aliphatic heterocycles. The Hall–Kier alpha value is -3.04. The van der Waals surface area contributed by atoms with Crippen LogP contribution in [0, 0.1) is 0 Å². The number of carbonyl (C=O) groups is 3. The molecule has 0 bridgehead atoms. The van der Waals surface area contributed by atoms with Gasteiger partial charge in [0.25, 0.3) is 5.91 Å². The highest BCUT2D eigenvalue weighted by Gasteiger charge is 2.35. The molecule has 0 spiro atoms. The lowest BCUT2D eigenvalue weighted by atomic mass is 10.1. The second kappa shape index (κ2) is 11.0. The maximum Gasteiger partial charge on any atom is 0.338 e. The average molecular weight is 459 g/mol. The summed E-state index contributed by atoms with van der Waals surface area (Å²) in [4.78, 5) is 39.3. The van der Waals surface area contributed by atoms with Crippen LogP contribution in [0.1, 0.15) is 35.7 Å². The van der Waals surface area contributed by atoms with Gasteiger partial charge in [0.15, 0.2) is 0 Å². The van der Waals surface area contributed by atoms with Gasteiger partial charge in [-0.2, -0.15) is 0 Å². The number of nitrogens with zero attached hydrogens (tertiary/aromatic N) is 1.